The lowest BCUT2D eigenvalue weighted by Crippen LogP contribution is -2.32. The van der Waals surface area contributed by atoms with E-state index in [-0.39, 0.29) is 11.6 Å². The van der Waals surface area contributed by atoms with E-state index in [4.69, 9.17) is 4.74 Å². The van der Waals surface area contributed by atoms with Crippen molar-refractivity contribution in [2.75, 3.05) is 6.61 Å². The van der Waals surface area contributed by atoms with Crippen molar-refractivity contribution >= 4 is 11.9 Å². The molecule has 1 aliphatic rings. The van der Waals surface area contributed by atoms with Crippen molar-refractivity contribution in [2.24, 2.45) is 4.99 Å². The zero-order valence-corrected chi connectivity index (χ0v) is 16.4. The van der Waals surface area contributed by atoms with Crippen LogP contribution in [0.25, 0.3) is 11.1 Å². The van der Waals surface area contributed by atoms with E-state index in [1.807, 2.05) is 41.3 Å². The number of fused-ring (bicyclic) bond motifs is 3. The number of nitrogens with zero attached hydrogens (tertiary/aromatic N) is 2. The number of benzene rings is 3. The van der Waals surface area contributed by atoms with Crippen LogP contribution in [-0.2, 0) is 17.8 Å². The van der Waals surface area contributed by atoms with Crippen LogP contribution in [0, 0.1) is 11.6 Å². The van der Waals surface area contributed by atoms with Gasteiger partial charge in [-0.15, -0.1) is 0 Å². The number of halogens is 2. The summed E-state index contributed by atoms with van der Waals surface area (Å²) in [5, 5.41) is 0. The minimum absolute atomic E-state index is 0.0401. The summed E-state index contributed by atoms with van der Waals surface area (Å²) >= 11 is 0. The number of aliphatic imine (C=N–C) groups is 1. The van der Waals surface area contributed by atoms with Gasteiger partial charge in [-0.1, -0.05) is 48.5 Å². The van der Waals surface area contributed by atoms with Crippen molar-refractivity contribution < 1.29 is 18.3 Å². The summed E-state index contributed by atoms with van der Waals surface area (Å²) in [5.41, 5.74) is 4.36. The Labute approximate surface area is 173 Å². The zero-order chi connectivity index (χ0) is 21.1. The number of carbonyl (C=O) groups is 1. The van der Waals surface area contributed by atoms with Crippen molar-refractivity contribution in [3.8, 4) is 11.1 Å². The highest BCUT2D eigenvalue weighted by Gasteiger charge is 2.23. The van der Waals surface area contributed by atoms with Crippen molar-refractivity contribution in [2.45, 2.75) is 20.0 Å². The first-order valence-corrected chi connectivity index (χ1v) is 9.69. The van der Waals surface area contributed by atoms with E-state index in [0.717, 1.165) is 34.4 Å². The quantitative estimate of drug-likeness (QED) is 0.435. The Morgan fingerprint density at radius 1 is 0.933 bits per heavy atom. The highest BCUT2D eigenvalue weighted by Crippen LogP contribution is 2.32. The maximum atomic E-state index is 13.5. The van der Waals surface area contributed by atoms with Gasteiger partial charge in [0.05, 0.1) is 6.61 Å². The van der Waals surface area contributed by atoms with Gasteiger partial charge in [0.15, 0.2) is 11.6 Å². The molecule has 0 radical (unpaired) electrons. The molecule has 0 aromatic heterocycles. The molecule has 4 rings (SSSR count). The Balaban J connectivity index is 1.73. The maximum absolute atomic E-state index is 13.5. The van der Waals surface area contributed by atoms with E-state index in [1.54, 1.807) is 6.92 Å². The van der Waals surface area contributed by atoms with Gasteiger partial charge in [0, 0.05) is 18.7 Å². The van der Waals surface area contributed by atoms with Gasteiger partial charge in [0.1, 0.15) is 0 Å². The molecule has 152 valence electrons. The first-order valence-electron chi connectivity index (χ1n) is 9.69. The van der Waals surface area contributed by atoms with Gasteiger partial charge in [-0.05, 0) is 47.4 Å². The van der Waals surface area contributed by atoms with E-state index < -0.39 is 17.5 Å². The number of amides is 1. The monoisotopic (exact) mass is 406 g/mol. The first-order chi connectivity index (χ1) is 14.6. The molecule has 0 fully saturated rings. The lowest BCUT2D eigenvalue weighted by atomic mass is 9.97. The molecule has 1 aliphatic heterocycles. The molecule has 0 N–H and O–H groups in total. The molecule has 0 saturated carbocycles. The second-order valence-corrected chi connectivity index (χ2v) is 6.93. The predicted molar refractivity (Wildman–Crippen MR) is 111 cm³/mol. The minimum Gasteiger partial charge on any atom is -0.465 e. The predicted octanol–water partition coefficient (Wildman–Crippen LogP) is 5.18. The van der Waals surface area contributed by atoms with E-state index in [9.17, 15) is 13.6 Å². The van der Waals surface area contributed by atoms with Crippen molar-refractivity contribution in [3.63, 3.8) is 0 Å². The average Bonchev–Trinajstić information content (AvgIpc) is 2.92. The van der Waals surface area contributed by atoms with Gasteiger partial charge < -0.3 is 9.64 Å². The molecule has 4 nitrogen and oxygen atoms in total. The van der Waals surface area contributed by atoms with Crippen LogP contribution in [0.4, 0.5) is 8.78 Å². The van der Waals surface area contributed by atoms with Crippen LogP contribution in [0.2, 0.25) is 0 Å². The standard InChI is InChI=1S/C24H20F2N2O2/c1-2-30-24(27-23(29)16-11-12-21(25)22(26)13-16)28-14-17-7-3-5-9-19(17)20-10-6-4-8-18(20)15-28/h3-13H,2,14-15H2,1H3/b27-24-. The van der Waals surface area contributed by atoms with Crippen LogP contribution in [0.5, 0.6) is 0 Å². The average molecular weight is 406 g/mol. The smallest absolute Gasteiger partial charge is 0.296 e. The summed E-state index contributed by atoms with van der Waals surface area (Å²) in [5.74, 6) is -2.80. The molecular formula is C24H20F2N2O2. The van der Waals surface area contributed by atoms with E-state index in [0.29, 0.717) is 19.7 Å². The molecule has 1 heterocycles. The van der Waals surface area contributed by atoms with E-state index in [1.165, 1.54) is 6.07 Å². The Bertz CT molecular complexity index is 1080. The van der Waals surface area contributed by atoms with Gasteiger partial charge in [-0.3, -0.25) is 4.79 Å². The lowest BCUT2D eigenvalue weighted by Gasteiger charge is -2.24. The fourth-order valence-electron chi connectivity index (χ4n) is 3.55. The summed E-state index contributed by atoms with van der Waals surface area (Å²) in [4.78, 5) is 18.6. The number of ether oxygens (including phenoxy) is 1. The molecule has 30 heavy (non-hydrogen) atoms. The lowest BCUT2D eigenvalue weighted by molar-refractivity contribution is 0.0992. The van der Waals surface area contributed by atoms with Crippen LogP contribution in [0.3, 0.4) is 0 Å². The third kappa shape index (κ3) is 3.94. The molecule has 0 aliphatic carbocycles. The van der Waals surface area contributed by atoms with E-state index >= 15 is 0 Å². The zero-order valence-electron chi connectivity index (χ0n) is 16.4. The van der Waals surface area contributed by atoms with Crippen LogP contribution in [0.1, 0.15) is 28.4 Å². The number of carbonyl (C=O) groups excluding carboxylic acids is 1. The molecule has 0 unspecified atom stereocenters. The summed E-state index contributed by atoms with van der Waals surface area (Å²) in [6, 6.07) is 19.3. The molecule has 1 amide bonds. The van der Waals surface area contributed by atoms with Crippen LogP contribution >= 0.6 is 0 Å². The topological polar surface area (TPSA) is 41.9 Å². The Morgan fingerprint density at radius 2 is 1.53 bits per heavy atom. The van der Waals surface area contributed by atoms with Crippen molar-refractivity contribution in [1.82, 2.24) is 4.90 Å². The molecule has 0 saturated heterocycles. The third-order valence-electron chi connectivity index (χ3n) is 4.96. The van der Waals surface area contributed by atoms with E-state index in [2.05, 4.69) is 17.1 Å². The van der Waals surface area contributed by atoms with Crippen molar-refractivity contribution in [1.29, 1.82) is 0 Å². The van der Waals surface area contributed by atoms with Gasteiger partial charge >= 0.3 is 0 Å². The Kier molecular flexibility index (Phi) is 5.57. The molecule has 0 atom stereocenters. The van der Waals surface area contributed by atoms with Gasteiger partial charge in [0.25, 0.3) is 11.9 Å². The highest BCUT2D eigenvalue weighted by molar-refractivity contribution is 6.01. The number of amidine groups is 1. The summed E-state index contributed by atoms with van der Waals surface area (Å²) in [6.45, 7) is 3.10. The van der Waals surface area contributed by atoms with Crippen molar-refractivity contribution in [3.05, 3.63) is 95.1 Å². The third-order valence-corrected chi connectivity index (χ3v) is 4.96. The number of hydrogen-bond donors (Lipinski definition) is 0. The van der Waals surface area contributed by atoms with Crippen LogP contribution in [0.15, 0.2) is 71.7 Å². The molecule has 0 bridgehead atoms. The fourth-order valence-corrected chi connectivity index (χ4v) is 3.55. The van der Waals surface area contributed by atoms with Crippen LogP contribution < -0.4 is 0 Å². The fraction of sp³-hybridized carbons (Fsp3) is 0.167. The van der Waals surface area contributed by atoms with Crippen LogP contribution in [-0.4, -0.2) is 23.4 Å². The van der Waals surface area contributed by atoms with Gasteiger partial charge in [-0.2, -0.15) is 4.99 Å². The Morgan fingerprint density at radius 3 is 2.10 bits per heavy atom. The molecular weight excluding hydrogens is 386 g/mol. The SMILES string of the molecule is CCO/C(=N\C(=O)c1ccc(F)c(F)c1)N1Cc2ccccc2-c2ccccc2C1. The number of rotatable bonds is 2. The maximum Gasteiger partial charge on any atom is 0.296 e. The van der Waals surface area contributed by atoms with Gasteiger partial charge in [-0.25, -0.2) is 8.78 Å². The molecule has 6 heteroatoms. The van der Waals surface area contributed by atoms with Gasteiger partial charge in [0.2, 0.25) is 0 Å². The second kappa shape index (κ2) is 8.45. The summed E-state index contributed by atoms with van der Waals surface area (Å²) < 4.78 is 32.5. The number of hydrogen-bond acceptors (Lipinski definition) is 2. The molecule has 0 spiro atoms. The minimum atomic E-state index is -1.09. The summed E-state index contributed by atoms with van der Waals surface area (Å²) in [6.07, 6.45) is 0. The molecule has 3 aromatic rings. The largest absolute Gasteiger partial charge is 0.465 e. The highest BCUT2D eigenvalue weighted by atomic mass is 19.2. The normalized spacial score (nSPS) is 13.3. The summed E-state index contributed by atoms with van der Waals surface area (Å²) in [7, 11) is 0. The first kappa shape index (κ1) is 19.8. The second-order valence-electron chi connectivity index (χ2n) is 6.93. The Hall–Kier alpha value is -3.54. The molecule has 3 aromatic carbocycles.